The number of esters is 1. The lowest BCUT2D eigenvalue weighted by atomic mass is 9.93. The quantitative estimate of drug-likeness (QED) is 0.185. The third kappa shape index (κ3) is 5.40. The molecule has 1 aliphatic carbocycles. The molecule has 0 saturated carbocycles. The molecule has 4 heterocycles. The average molecular weight is 679 g/mol. The number of aryl methyl sites for hydroxylation is 2. The first-order valence-electron chi connectivity index (χ1n) is 15.6. The summed E-state index contributed by atoms with van der Waals surface area (Å²) in [5.41, 5.74) is 6.77. The Labute approximate surface area is 285 Å². The highest BCUT2D eigenvalue weighted by molar-refractivity contribution is 7.15. The molecule has 0 bridgehead atoms. The molecule has 47 heavy (non-hydrogen) atoms. The first kappa shape index (κ1) is 31.1. The second-order valence-corrected chi connectivity index (χ2v) is 14.2. The van der Waals surface area contributed by atoms with Crippen LogP contribution >= 0.6 is 34.3 Å². The van der Waals surface area contributed by atoms with E-state index in [0.717, 1.165) is 64.3 Å². The van der Waals surface area contributed by atoms with Crippen molar-refractivity contribution in [1.82, 2.24) is 9.13 Å². The Morgan fingerprint density at radius 1 is 1.11 bits per heavy atom. The van der Waals surface area contributed by atoms with E-state index >= 15 is 0 Å². The molecule has 2 aliphatic rings. The smallest absolute Gasteiger partial charge is 0.338 e. The van der Waals surface area contributed by atoms with Crippen LogP contribution in [-0.4, -0.2) is 21.7 Å². The van der Waals surface area contributed by atoms with Gasteiger partial charge in [0.1, 0.15) is 11.1 Å². The number of rotatable bonds is 6. The van der Waals surface area contributed by atoms with E-state index in [1.165, 1.54) is 21.8 Å². The van der Waals surface area contributed by atoms with Gasteiger partial charge in [-0.25, -0.2) is 9.79 Å². The van der Waals surface area contributed by atoms with Crippen molar-refractivity contribution in [3.63, 3.8) is 0 Å². The molecule has 0 fully saturated rings. The van der Waals surface area contributed by atoms with Crippen LogP contribution in [0.4, 0.5) is 0 Å². The van der Waals surface area contributed by atoms with E-state index in [2.05, 4.69) is 16.7 Å². The Kier molecular flexibility index (Phi) is 8.35. The van der Waals surface area contributed by atoms with Gasteiger partial charge in [-0.05, 0) is 87.4 Å². The normalized spacial score (nSPS) is 16.0. The molecule has 1 aliphatic heterocycles. The minimum atomic E-state index is -0.775. The fourth-order valence-electron chi connectivity index (χ4n) is 6.61. The summed E-state index contributed by atoms with van der Waals surface area (Å²) in [5.74, 6) is -0.528. The summed E-state index contributed by atoms with van der Waals surface area (Å²) in [6, 6.07) is 20.4. The number of ether oxygens (including phenoxy) is 1. The first-order chi connectivity index (χ1) is 22.8. The van der Waals surface area contributed by atoms with E-state index in [0.29, 0.717) is 25.6 Å². The molecule has 5 aromatic rings. The Balaban J connectivity index is 1.44. The zero-order valence-electron chi connectivity index (χ0n) is 26.2. The Hall–Kier alpha value is -4.49. The SMILES string of the molecule is CCOC(=O)C1=C(c2ccccc2)N=c2s/c(=C/c3cc(C)n(-c4sc5c(c4C#N)CCCC5)c3C)c(=O)n2[C@H]1c1ccc(Cl)cc1. The molecule has 0 spiro atoms. The van der Waals surface area contributed by atoms with Crippen LogP contribution in [0.15, 0.2) is 76.0 Å². The van der Waals surface area contributed by atoms with Crippen LogP contribution in [0.1, 0.15) is 69.9 Å². The van der Waals surface area contributed by atoms with Gasteiger partial charge >= 0.3 is 5.97 Å². The number of thiazole rings is 1. The van der Waals surface area contributed by atoms with Crippen LogP contribution < -0.4 is 14.9 Å². The second kappa shape index (κ2) is 12.6. The van der Waals surface area contributed by atoms with Gasteiger partial charge in [0.25, 0.3) is 5.56 Å². The van der Waals surface area contributed by atoms with Gasteiger partial charge < -0.3 is 9.30 Å². The highest BCUT2D eigenvalue weighted by Crippen LogP contribution is 2.39. The predicted molar refractivity (Wildman–Crippen MR) is 187 cm³/mol. The van der Waals surface area contributed by atoms with E-state index in [1.54, 1.807) is 35.0 Å². The maximum absolute atomic E-state index is 14.4. The summed E-state index contributed by atoms with van der Waals surface area (Å²) in [4.78, 5) is 34.8. The summed E-state index contributed by atoms with van der Waals surface area (Å²) in [6.07, 6.45) is 6.10. The molecule has 7 nitrogen and oxygen atoms in total. The Morgan fingerprint density at radius 2 is 1.85 bits per heavy atom. The number of carbonyl (C=O) groups excluding carboxylic acids is 1. The third-order valence-electron chi connectivity index (χ3n) is 8.78. The number of aromatic nitrogens is 2. The van der Waals surface area contributed by atoms with E-state index in [9.17, 15) is 14.9 Å². The summed E-state index contributed by atoms with van der Waals surface area (Å²) in [7, 11) is 0. The molecule has 2 aromatic carbocycles. The Bertz CT molecular complexity index is 2300. The number of halogens is 1. The number of benzene rings is 2. The van der Waals surface area contributed by atoms with Gasteiger partial charge in [-0.1, -0.05) is 65.4 Å². The van der Waals surface area contributed by atoms with Crippen LogP contribution in [-0.2, 0) is 22.4 Å². The highest BCUT2D eigenvalue weighted by Gasteiger charge is 2.35. The zero-order chi connectivity index (χ0) is 32.8. The van der Waals surface area contributed by atoms with Crippen molar-refractivity contribution < 1.29 is 9.53 Å². The summed E-state index contributed by atoms with van der Waals surface area (Å²) >= 11 is 9.26. The minimum absolute atomic E-state index is 0.179. The van der Waals surface area contributed by atoms with E-state index in [-0.39, 0.29) is 12.2 Å². The molecule has 0 unspecified atom stereocenters. The molecule has 7 rings (SSSR count). The summed E-state index contributed by atoms with van der Waals surface area (Å²) < 4.78 is 9.80. The summed E-state index contributed by atoms with van der Waals surface area (Å²) in [6.45, 7) is 6.00. The maximum atomic E-state index is 14.4. The van der Waals surface area contributed by atoms with Gasteiger partial charge in [0, 0.05) is 26.9 Å². The van der Waals surface area contributed by atoms with Crippen LogP contribution in [0.25, 0.3) is 16.8 Å². The van der Waals surface area contributed by atoms with Crippen LogP contribution in [0.2, 0.25) is 5.02 Å². The van der Waals surface area contributed by atoms with Gasteiger partial charge in [-0.2, -0.15) is 5.26 Å². The maximum Gasteiger partial charge on any atom is 0.338 e. The predicted octanol–water partition coefficient (Wildman–Crippen LogP) is 6.81. The topological polar surface area (TPSA) is 89.4 Å². The molecule has 0 saturated heterocycles. The minimum Gasteiger partial charge on any atom is -0.463 e. The van der Waals surface area contributed by atoms with Crippen molar-refractivity contribution in [2.75, 3.05) is 6.61 Å². The van der Waals surface area contributed by atoms with Crippen molar-refractivity contribution in [3.05, 3.63) is 135 Å². The number of fused-ring (bicyclic) bond motifs is 2. The average Bonchev–Trinajstić information content (AvgIpc) is 3.70. The van der Waals surface area contributed by atoms with E-state index in [4.69, 9.17) is 21.3 Å². The van der Waals surface area contributed by atoms with Crippen molar-refractivity contribution >= 4 is 52.0 Å². The monoisotopic (exact) mass is 678 g/mol. The van der Waals surface area contributed by atoms with Gasteiger partial charge in [0.15, 0.2) is 4.80 Å². The highest BCUT2D eigenvalue weighted by atomic mass is 35.5. The summed E-state index contributed by atoms with van der Waals surface area (Å²) in [5, 5.41) is 11.6. The zero-order valence-corrected chi connectivity index (χ0v) is 28.6. The number of hydrogen-bond acceptors (Lipinski definition) is 7. The Morgan fingerprint density at radius 3 is 2.57 bits per heavy atom. The second-order valence-electron chi connectivity index (χ2n) is 11.6. The van der Waals surface area contributed by atoms with Gasteiger partial charge in [-0.15, -0.1) is 11.3 Å². The van der Waals surface area contributed by atoms with Gasteiger partial charge in [0.2, 0.25) is 0 Å². The first-order valence-corrected chi connectivity index (χ1v) is 17.6. The fourth-order valence-corrected chi connectivity index (χ4v) is 9.18. The third-order valence-corrected chi connectivity index (χ3v) is 11.3. The lowest BCUT2D eigenvalue weighted by molar-refractivity contribution is -0.138. The fraction of sp³-hybridized carbons (Fsp3) is 0.243. The van der Waals surface area contributed by atoms with Crippen molar-refractivity contribution in [2.45, 2.75) is 52.5 Å². The molecule has 0 radical (unpaired) electrons. The molecule has 1 atom stereocenters. The number of thiophene rings is 1. The largest absolute Gasteiger partial charge is 0.463 e. The molecule has 0 N–H and O–H groups in total. The molecular weight excluding hydrogens is 648 g/mol. The lowest BCUT2D eigenvalue weighted by Gasteiger charge is -2.25. The van der Waals surface area contributed by atoms with Crippen LogP contribution in [0, 0.1) is 25.2 Å². The number of carbonyl (C=O) groups is 1. The van der Waals surface area contributed by atoms with Crippen molar-refractivity contribution in [2.24, 2.45) is 4.99 Å². The van der Waals surface area contributed by atoms with Crippen molar-refractivity contribution in [1.29, 1.82) is 5.26 Å². The van der Waals surface area contributed by atoms with E-state index in [1.807, 2.05) is 62.4 Å². The van der Waals surface area contributed by atoms with Crippen molar-refractivity contribution in [3.8, 4) is 11.1 Å². The molecule has 236 valence electrons. The van der Waals surface area contributed by atoms with E-state index < -0.39 is 12.0 Å². The molecule has 3 aromatic heterocycles. The number of nitriles is 1. The van der Waals surface area contributed by atoms with Crippen LogP contribution in [0.3, 0.4) is 0 Å². The number of hydrogen-bond donors (Lipinski definition) is 0. The van der Waals surface area contributed by atoms with Gasteiger partial charge in [0.05, 0.1) is 34.0 Å². The molecule has 10 heteroatoms. The molecular formula is C37H31ClN4O3S2. The number of nitrogens with zero attached hydrogens (tertiary/aromatic N) is 4. The molecule has 0 amide bonds. The standard InChI is InChI=1S/C37H31ClN4O3S2/c1-4-45-36(44)31-32(23-10-6-5-7-11-23)40-37-42(33(31)24-14-16-26(38)17-15-24)34(43)30(47-37)19-25-18-21(2)41(22(25)3)35-28(20-39)27-12-8-9-13-29(27)46-35/h5-7,10-11,14-19,33H,4,8-9,12-13H2,1-3H3/b30-19+/t33-/m0/s1. The van der Waals surface area contributed by atoms with Gasteiger partial charge in [-0.3, -0.25) is 9.36 Å². The van der Waals surface area contributed by atoms with Crippen LogP contribution in [0.5, 0.6) is 0 Å². The lowest BCUT2D eigenvalue weighted by Crippen LogP contribution is -2.40.